The highest BCUT2D eigenvalue weighted by Crippen LogP contribution is 2.26. The highest BCUT2D eigenvalue weighted by Gasteiger charge is 2.18. The van der Waals surface area contributed by atoms with Gasteiger partial charge in [-0.25, -0.2) is 0 Å². The summed E-state index contributed by atoms with van der Waals surface area (Å²) in [5.41, 5.74) is 2.36. The van der Waals surface area contributed by atoms with E-state index in [-0.39, 0.29) is 11.7 Å². The maximum Gasteiger partial charge on any atom is 0.291 e. The van der Waals surface area contributed by atoms with Crippen LogP contribution in [0.15, 0.2) is 52.9 Å². The van der Waals surface area contributed by atoms with Gasteiger partial charge in [-0.1, -0.05) is 30.3 Å². The molecule has 21 heavy (non-hydrogen) atoms. The van der Waals surface area contributed by atoms with Crippen molar-refractivity contribution in [2.24, 2.45) is 0 Å². The van der Waals surface area contributed by atoms with Crippen LogP contribution < -0.4 is 5.32 Å². The Morgan fingerprint density at radius 2 is 1.86 bits per heavy atom. The van der Waals surface area contributed by atoms with Gasteiger partial charge in [0, 0.05) is 10.9 Å². The topological polar surface area (TPSA) is 66.0 Å². The number of rotatable bonds is 2. The molecule has 0 aliphatic heterocycles. The second-order valence-electron chi connectivity index (χ2n) is 4.66. The fraction of sp³-hybridized carbons (Fsp3) is 0.0588. The van der Waals surface area contributed by atoms with Crippen LogP contribution in [0, 0.1) is 18.3 Å². The number of fused-ring (bicyclic) bond motifs is 1. The van der Waals surface area contributed by atoms with Gasteiger partial charge in [0.2, 0.25) is 0 Å². The number of nitrogens with one attached hydrogen (secondary N) is 1. The molecular weight excluding hydrogens is 264 g/mol. The second kappa shape index (κ2) is 5.14. The SMILES string of the molecule is Cc1c(C(=O)Nc2ccccc2C#N)oc2ccccc12. The molecule has 102 valence electrons. The van der Waals surface area contributed by atoms with Gasteiger partial charge in [-0.2, -0.15) is 5.26 Å². The summed E-state index contributed by atoms with van der Waals surface area (Å²) in [7, 11) is 0. The maximum atomic E-state index is 12.4. The minimum atomic E-state index is -0.355. The number of carbonyl (C=O) groups excluding carboxylic acids is 1. The molecule has 0 atom stereocenters. The van der Waals surface area contributed by atoms with Crippen LogP contribution in [0.2, 0.25) is 0 Å². The van der Waals surface area contributed by atoms with Gasteiger partial charge in [0.25, 0.3) is 5.91 Å². The lowest BCUT2D eigenvalue weighted by atomic mass is 10.1. The molecule has 3 rings (SSSR count). The first-order valence-corrected chi connectivity index (χ1v) is 6.49. The summed E-state index contributed by atoms with van der Waals surface area (Å²) in [4.78, 5) is 12.4. The molecule has 4 heteroatoms. The third-order valence-corrected chi connectivity index (χ3v) is 3.35. The van der Waals surface area contributed by atoms with Crippen molar-refractivity contribution in [2.75, 3.05) is 5.32 Å². The van der Waals surface area contributed by atoms with Crippen LogP contribution in [-0.4, -0.2) is 5.91 Å². The van der Waals surface area contributed by atoms with Gasteiger partial charge in [-0.15, -0.1) is 0 Å². The quantitative estimate of drug-likeness (QED) is 0.772. The number of nitriles is 1. The lowest BCUT2D eigenvalue weighted by molar-refractivity contribution is 0.0998. The number of para-hydroxylation sites is 2. The lowest BCUT2D eigenvalue weighted by Crippen LogP contribution is -2.13. The van der Waals surface area contributed by atoms with Gasteiger partial charge < -0.3 is 9.73 Å². The first kappa shape index (κ1) is 12.9. The summed E-state index contributed by atoms with van der Waals surface area (Å²) in [6.45, 7) is 1.84. The Bertz CT molecular complexity index is 872. The predicted molar refractivity (Wildman–Crippen MR) is 80.1 cm³/mol. The number of benzene rings is 2. The van der Waals surface area contributed by atoms with Gasteiger partial charge in [-0.05, 0) is 25.1 Å². The van der Waals surface area contributed by atoms with Gasteiger partial charge in [0.1, 0.15) is 11.7 Å². The van der Waals surface area contributed by atoms with E-state index in [1.54, 1.807) is 24.3 Å². The highest BCUT2D eigenvalue weighted by atomic mass is 16.3. The van der Waals surface area contributed by atoms with Crippen LogP contribution in [0.1, 0.15) is 21.7 Å². The molecule has 0 aliphatic rings. The third-order valence-electron chi connectivity index (χ3n) is 3.35. The number of hydrogen-bond acceptors (Lipinski definition) is 3. The molecule has 1 amide bonds. The Balaban J connectivity index is 1.98. The molecule has 0 fully saturated rings. The monoisotopic (exact) mass is 276 g/mol. The molecule has 0 unspecified atom stereocenters. The zero-order chi connectivity index (χ0) is 14.8. The number of anilines is 1. The summed E-state index contributed by atoms with van der Waals surface area (Å²) >= 11 is 0. The molecular formula is C17H12N2O2. The van der Waals surface area contributed by atoms with Crippen molar-refractivity contribution in [1.82, 2.24) is 0 Å². The van der Waals surface area contributed by atoms with Crippen LogP contribution >= 0.6 is 0 Å². The molecule has 0 saturated carbocycles. The van der Waals surface area contributed by atoms with Crippen molar-refractivity contribution < 1.29 is 9.21 Å². The lowest BCUT2D eigenvalue weighted by Gasteiger charge is -2.05. The van der Waals surface area contributed by atoms with E-state index >= 15 is 0 Å². The van der Waals surface area contributed by atoms with Crippen molar-refractivity contribution in [1.29, 1.82) is 5.26 Å². The van der Waals surface area contributed by atoms with Crippen LogP contribution in [0.5, 0.6) is 0 Å². The van der Waals surface area contributed by atoms with Crippen molar-refractivity contribution >= 4 is 22.6 Å². The standard InChI is InChI=1S/C17H12N2O2/c1-11-13-7-3-5-9-15(13)21-16(11)17(20)19-14-8-4-2-6-12(14)10-18/h2-9H,1H3,(H,19,20). The summed E-state index contributed by atoms with van der Waals surface area (Å²) in [5, 5.41) is 12.7. The summed E-state index contributed by atoms with van der Waals surface area (Å²) in [5.74, 6) is -0.0876. The third kappa shape index (κ3) is 2.26. The minimum absolute atomic E-state index is 0.268. The molecule has 0 radical (unpaired) electrons. The van der Waals surface area contributed by atoms with Crippen molar-refractivity contribution in [3.8, 4) is 6.07 Å². The molecule has 0 saturated heterocycles. The Kier molecular flexibility index (Phi) is 3.17. The van der Waals surface area contributed by atoms with E-state index in [2.05, 4.69) is 5.32 Å². The summed E-state index contributed by atoms with van der Waals surface area (Å²) < 4.78 is 5.61. The van der Waals surface area contributed by atoms with Gasteiger partial charge in [0.15, 0.2) is 5.76 Å². The van der Waals surface area contributed by atoms with E-state index in [0.29, 0.717) is 16.8 Å². The second-order valence-corrected chi connectivity index (χ2v) is 4.66. The number of furan rings is 1. The normalized spacial score (nSPS) is 10.3. The first-order valence-electron chi connectivity index (χ1n) is 6.49. The van der Waals surface area contributed by atoms with Crippen molar-refractivity contribution in [3.63, 3.8) is 0 Å². The Morgan fingerprint density at radius 3 is 2.62 bits per heavy atom. The zero-order valence-corrected chi connectivity index (χ0v) is 11.4. The van der Waals surface area contributed by atoms with Crippen LogP contribution in [0.25, 0.3) is 11.0 Å². The molecule has 0 spiro atoms. The Labute approximate surface area is 121 Å². The van der Waals surface area contributed by atoms with Crippen LogP contribution in [0.3, 0.4) is 0 Å². The van der Waals surface area contributed by atoms with E-state index < -0.39 is 0 Å². The van der Waals surface area contributed by atoms with E-state index in [4.69, 9.17) is 9.68 Å². The fourth-order valence-corrected chi connectivity index (χ4v) is 2.26. The van der Waals surface area contributed by atoms with E-state index in [1.165, 1.54) is 0 Å². The fourth-order valence-electron chi connectivity index (χ4n) is 2.26. The number of nitrogens with zero attached hydrogens (tertiary/aromatic N) is 1. The minimum Gasteiger partial charge on any atom is -0.451 e. The largest absolute Gasteiger partial charge is 0.451 e. The maximum absolute atomic E-state index is 12.4. The molecule has 1 N–H and O–H groups in total. The molecule has 3 aromatic rings. The van der Waals surface area contributed by atoms with Gasteiger partial charge >= 0.3 is 0 Å². The molecule has 2 aromatic carbocycles. The van der Waals surface area contributed by atoms with E-state index in [0.717, 1.165) is 10.9 Å². The molecule has 1 heterocycles. The molecule has 0 aliphatic carbocycles. The number of aryl methyl sites for hydroxylation is 1. The average molecular weight is 276 g/mol. The summed E-state index contributed by atoms with van der Waals surface area (Å²) in [6.07, 6.45) is 0. The van der Waals surface area contributed by atoms with Gasteiger partial charge in [-0.3, -0.25) is 4.79 Å². The Morgan fingerprint density at radius 1 is 1.14 bits per heavy atom. The predicted octanol–water partition coefficient (Wildman–Crippen LogP) is 3.87. The molecule has 0 bridgehead atoms. The first-order chi connectivity index (χ1) is 10.2. The van der Waals surface area contributed by atoms with Crippen molar-refractivity contribution in [2.45, 2.75) is 6.92 Å². The smallest absolute Gasteiger partial charge is 0.291 e. The van der Waals surface area contributed by atoms with Crippen LogP contribution in [0.4, 0.5) is 5.69 Å². The van der Waals surface area contributed by atoms with E-state index in [9.17, 15) is 4.79 Å². The number of amides is 1. The highest BCUT2D eigenvalue weighted by molar-refractivity contribution is 6.06. The van der Waals surface area contributed by atoms with Crippen LogP contribution in [-0.2, 0) is 0 Å². The number of hydrogen-bond donors (Lipinski definition) is 1. The average Bonchev–Trinajstić information content (AvgIpc) is 2.85. The Hall–Kier alpha value is -3.06. The zero-order valence-electron chi connectivity index (χ0n) is 11.4. The summed E-state index contributed by atoms with van der Waals surface area (Å²) in [6, 6.07) is 16.4. The molecule has 4 nitrogen and oxygen atoms in total. The van der Waals surface area contributed by atoms with E-state index in [1.807, 2.05) is 37.3 Å². The van der Waals surface area contributed by atoms with Gasteiger partial charge in [0.05, 0.1) is 11.3 Å². The molecule has 1 aromatic heterocycles. The number of carbonyl (C=O) groups is 1. The van der Waals surface area contributed by atoms with Crippen molar-refractivity contribution in [3.05, 3.63) is 65.4 Å².